The van der Waals surface area contributed by atoms with Crippen LogP contribution >= 0.6 is 0 Å². The quantitative estimate of drug-likeness (QED) is 0.890. The molecule has 2 aromatic carbocycles. The maximum absolute atomic E-state index is 12.0. The topological polar surface area (TPSA) is 68.8 Å². The molecule has 0 aromatic heterocycles. The summed E-state index contributed by atoms with van der Waals surface area (Å²) in [4.78, 5) is 12.0. The lowest BCUT2D eigenvalue weighted by Gasteiger charge is -2.11. The molecule has 0 radical (unpaired) electrons. The Bertz CT molecular complexity index is 703. The average Bonchev–Trinajstić information content (AvgIpc) is 3.02. The Morgan fingerprint density at radius 3 is 2.74 bits per heavy atom. The van der Waals surface area contributed by atoms with E-state index < -0.39 is 0 Å². The van der Waals surface area contributed by atoms with Crippen molar-refractivity contribution < 1.29 is 19.0 Å². The summed E-state index contributed by atoms with van der Waals surface area (Å²) in [5, 5.41) is 5.61. The fourth-order valence-electron chi connectivity index (χ4n) is 2.35. The molecule has 6 heteroatoms. The van der Waals surface area contributed by atoms with Crippen LogP contribution in [0.4, 0.5) is 10.5 Å². The van der Waals surface area contributed by atoms with Gasteiger partial charge in [0.05, 0.1) is 6.61 Å². The minimum atomic E-state index is -0.281. The van der Waals surface area contributed by atoms with Crippen LogP contribution in [0.25, 0.3) is 0 Å². The fourth-order valence-corrected chi connectivity index (χ4v) is 2.35. The molecule has 3 rings (SSSR count). The van der Waals surface area contributed by atoms with Crippen LogP contribution < -0.4 is 20.1 Å². The van der Waals surface area contributed by atoms with Crippen LogP contribution in [0.1, 0.15) is 11.1 Å². The van der Waals surface area contributed by atoms with Gasteiger partial charge in [0.2, 0.25) is 6.79 Å². The van der Waals surface area contributed by atoms with E-state index in [4.69, 9.17) is 14.2 Å². The Balaban J connectivity index is 1.58. The van der Waals surface area contributed by atoms with E-state index in [1.54, 1.807) is 25.3 Å². The number of anilines is 1. The number of hydrogen-bond donors (Lipinski definition) is 2. The molecule has 0 unspecified atom stereocenters. The van der Waals surface area contributed by atoms with E-state index >= 15 is 0 Å². The molecule has 1 heterocycles. The van der Waals surface area contributed by atoms with Crippen LogP contribution in [-0.2, 0) is 17.9 Å². The molecule has 0 spiro atoms. The highest BCUT2D eigenvalue weighted by atomic mass is 16.7. The number of carbonyl (C=O) groups excluding carboxylic acids is 1. The predicted octanol–water partition coefficient (Wildman–Crippen LogP) is 2.88. The molecule has 2 N–H and O–H groups in total. The first kappa shape index (κ1) is 15.2. The summed E-state index contributed by atoms with van der Waals surface area (Å²) >= 11 is 0. The van der Waals surface area contributed by atoms with E-state index in [9.17, 15) is 4.79 Å². The molecule has 0 atom stereocenters. The molecule has 23 heavy (non-hydrogen) atoms. The van der Waals surface area contributed by atoms with Crippen molar-refractivity contribution in [1.82, 2.24) is 5.32 Å². The van der Waals surface area contributed by atoms with E-state index in [1.165, 1.54) is 0 Å². The Kier molecular flexibility index (Phi) is 4.63. The lowest BCUT2D eigenvalue weighted by Crippen LogP contribution is -2.28. The van der Waals surface area contributed by atoms with E-state index in [2.05, 4.69) is 10.6 Å². The van der Waals surface area contributed by atoms with E-state index in [0.29, 0.717) is 30.3 Å². The molecule has 0 saturated heterocycles. The summed E-state index contributed by atoms with van der Waals surface area (Å²) < 4.78 is 15.7. The molecular weight excluding hydrogens is 296 g/mol. The van der Waals surface area contributed by atoms with Gasteiger partial charge in [-0.2, -0.15) is 0 Å². The molecule has 0 aliphatic carbocycles. The van der Waals surface area contributed by atoms with E-state index in [1.807, 2.05) is 24.3 Å². The SMILES string of the molecule is COCc1ccccc1CNC(=O)Nc1ccc2c(c1)OCO2. The molecule has 1 aliphatic rings. The number of methoxy groups -OCH3 is 1. The van der Waals surface area contributed by atoms with Gasteiger partial charge in [-0.1, -0.05) is 24.3 Å². The highest BCUT2D eigenvalue weighted by Crippen LogP contribution is 2.34. The summed E-state index contributed by atoms with van der Waals surface area (Å²) in [7, 11) is 1.65. The number of benzene rings is 2. The number of carbonyl (C=O) groups is 1. The zero-order valence-electron chi connectivity index (χ0n) is 12.8. The third kappa shape index (κ3) is 3.73. The summed E-state index contributed by atoms with van der Waals surface area (Å²) in [5.74, 6) is 1.32. The van der Waals surface area contributed by atoms with Crippen molar-refractivity contribution >= 4 is 11.7 Å². The Hall–Kier alpha value is -2.73. The summed E-state index contributed by atoms with van der Waals surface area (Å²) in [5.41, 5.74) is 2.73. The van der Waals surface area contributed by atoms with E-state index in [-0.39, 0.29) is 12.8 Å². The number of nitrogens with one attached hydrogen (secondary N) is 2. The first-order valence-corrected chi connectivity index (χ1v) is 7.26. The maximum Gasteiger partial charge on any atom is 0.319 e. The number of hydrogen-bond acceptors (Lipinski definition) is 4. The zero-order chi connectivity index (χ0) is 16.1. The maximum atomic E-state index is 12.0. The second kappa shape index (κ2) is 7.02. The standard InChI is InChI=1S/C17H18N2O4/c1-21-10-13-5-3-2-4-12(13)9-18-17(20)19-14-6-7-15-16(8-14)23-11-22-15/h2-8H,9-11H2,1H3,(H2,18,19,20). The van der Waals surface area contributed by atoms with Crippen molar-refractivity contribution in [1.29, 1.82) is 0 Å². The smallest absolute Gasteiger partial charge is 0.319 e. The molecular formula is C17H18N2O4. The van der Waals surface area contributed by atoms with Crippen LogP contribution in [0.2, 0.25) is 0 Å². The highest BCUT2D eigenvalue weighted by Gasteiger charge is 2.14. The van der Waals surface area contributed by atoms with Crippen molar-refractivity contribution in [3.8, 4) is 11.5 Å². The van der Waals surface area contributed by atoms with Gasteiger partial charge >= 0.3 is 6.03 Å². The predicted molar refractivity (Wildman–Crippen MR) is 85.6 cm³/mol. The third-order valence-corrected chi connectivity index (χ3v) is 3.49. The molecule has 1 aliphatic heterocycles. The number of ether oxygens (including phenoxy) is 3. The van der Waals surface area contributed by atoms with Gasteiger partial charge in [0.25, 0.3) is 0 Å². The second-order valence-corrected chi connectivity index (χ2v) is 5.08. The summed E-state index contributed by atoms with van der Waals surface area (Å²) in [6.07, 6.45) is 0. The second-order valence-electron chi connectivity index (χ2n) is 5.08. The Labute approximate surface area is 134 Å². The Morgan fingerprint density at radius 1 is 1.13 bits per heavy atom. The van der Waals surface area contributed by atoms with Gasteiger partial charge in [0.15, 0.2) is 11.5 Å². The summed E-state index contributed by atoms with van der Waals surface area (Å²) in [6, 6.07) is 12.8. The number of fused-ring (bicyclic) bond motifs is 1. The molecule has 6 nitrogen and oxygen atoms in total. The van der Waals surface area contributed by atoms with Gasteiger partial charge in [-0.3, -0.25) is 0 Å². The monoisotopic (exact) mass is 314 g/mol. The van der Waals surface area contributed by atoms with Crippen LogP contribution in [0.15, 0.2) is 42.5 Å². The van der Waals surface area contributed by atoms with Crippen molar-refractivity contribution in [2.24, 2.45) is 0 Å². The normalized spacial score (nSPS) is 12.0. The lowest BCUT2D eigenvalue weighted by atomic mass is 10.1. The molecule has 0 saturated carbocycles. The molecule has 0 fully saturated rings. The number of amides is 2. The van der Waals surface area contributed by atoms with Gasteiger partial charge in [0.1, 0.15) is 0 Å². The number of rotatable bonds is 5. The number of urea groups is 1. The van der Waals surface area contributed by atoms with E-state index in [0.717, 1.165) is 11.1 Å². The van der Waals surface area contributed by atoms with Crippen LogP contribution in [0.5, 0.6) is 11.5 Å². The first-order valence-electron chi connectivity index (χ1n) is 7.26. The van der Waals surface area contributed by atoms with Crippen molar-refractivity contribution in [3.05, 3.63) is 53.6 Å². The van der Waals surface area contributed by atoms with Gasteiger partial charge in [-0.25, -0.2) is 4.79 Å². The van der Waals surface area contributed by atoms with Crippen LogP contribution in [0.3, 0.4) is 0 Å². The average molecular weight is 314 g/mol. The summed E-state index contributed by atoms with van der Waals surface area (Å²) in [6.45, 7) is 1.15. The molecule has 2 amide bonds. The zero-order valence-corrected chi connectivity index (χ0v) is 12.8. The molecule has 2 aromatic rings. The fraction of sp³-hybridized carbons (Fsp3) is 0.235. The Morgan fingerprint density at radius 2 is 1.91 bits per heavy atom. The first-order chi connectivity index (χ1) is 11.3. The van der Waals surface area contributed by atoms with Crippen LogP contribution in [-0.4, -0.2) is 19.9 Å². The third-order valence-electron chi connectivity index (χ3n) is 3.49. The van der Waals surface area contributed by atoms with Gasteiger partial charge < -0.3 is 24.8 Å². The molecule has 0 bridgehead atoms. The highest BCUT2D eigenvalue weighted by molar-refractivity contribution is 5.89. The minimum Gasteiger partial charge on any atom is -0.454 e. The van der Waals surface area contributed by atoms with Crippen molar-refractivity contribution in [3.63, 3.8) is 0 Å². The van der Waals surface area contributed by atoms with Gasteiger partial charge in [0, 0.05) is 25.4 Å². The van der Waals surface area contributed by atoms with Crippen LogP contribution in [0, 0.1) is 0 Å². The van der Waals surface area contributed by atoms with Crippen molar-refractivity contribution in [2.75, 3.05) is 19.2 Å². The van der Waals surface area contributed by atoms with Crippen molar-refractivity contribution in [2.45, 2.75) is 13.2 Å². The lowest BCUT2D eigenvalue weighted by molar-refractivity contribution is 0.174. The van der Waals surface area contributed by atoms with Gasteiger partial charge in [-0.05, 0) is 23.3 Å². The molecule has 120 valence electrons. The minimum absolute atomic E-state index is 0.210. The largest absolute Gasteiger partial charge is 0.454 e. The van der Waals surface area contributed by atoms with Gasteiger partial charge in [-0.15, -0.1) is 0 Å².